The van der Waals surface area contributed by atoms with E-state index in [9.17, 15) is 9.59 Å². The van der Waals surface area contributed by atoms with Crippen molar-refractivity contribution in [2.75, 3.05) is 13.2 Å². The molecule has 26 heavy (non-hydrogen) atoms. The van der Waals surface area contributed by atoms with Gasteiger partial charge in [0.15, 0.2) is 12.4 Å². The van der Waals surface area contributed by atoms with E-state index < -0.39 is 12.3 Å². The van der Waals surface area contributed by atoms with Crippen molar-refractivity contribution in [3.8, 4) is 11.5 Å². The molecule has 0 unspecified atom stereocenters. The average molecular weight is 360 g/mol. The quantitative estimate of drug-likeness (QED) is 0.495. The molecule has 2 aromatic rings. The van der Waals surface area contributed by atoms with Crippen LogP contribution in [0, 0.1) is 0 Å². The maximum atomic E-state index is 12.1. The highest BCUT2D eigenvalue weighted by Gasteiger charge is 2.19. The van der Waals surface area contributed by atoms with Crippen molar-refractivity contribution in [2.45, 2.75) is 19.8 Å². The molecule has 7 nitrogen and oxygen atoms in total. The first kappa shape index (κ1) is 19.4. The molecule has 0 radical (unpaired) electrons. The molecule has 0 fully saturated rings. The first-order valence-corrected chi connectivity index (χ1v) is 8.00. The summed E-state index contributed by atoms with van der Waals surface area (Å²) in [6.07, 6.45) is -1.38. The van der Waals surface area contributed by atoms with E-state index in [1.807, 2.05) is 0 Å². The lowest BCUT2D eigenvalue weighted by Crippen LogP contribution is -2.30. The Hall–Kier alpha value is -2.90. The van der Waals surface area contributed by atoms with E-state index in [1.165, 1.54) is 12.1 Å². The van der Waals surface area contributed by atoms with Gasteiger partial charge in [0.2, 0.25) is 0 Å². The van der Waals surface area contributed by atoms with Gasteiger partial charge in [-0.2, -0.15) is 0 Å². The number of carbonyl (C=O) groups excluding carboxylic acids is 1. The Balaban J connectivity index is 1.92. The standard InChI is InChI=1S/C19H20O7/c1-2-24-19(18(22)23)26-16-8-6-15(7-9-16)25-12-17(21)14-5-3-4-13(10-14)11-20/h3-10,19-20H,2,11-12H2,1H3,(H,22,23)/t19-/m0/s1. The van der Waals surface area contributed by atoms with Gasteiger partial charge < -0.3 is 24.4 Å². The lowest BCUT2D eigenvalue weighted by Gasteiger charge is -2.14. The number of benzene rings is 2. The lowest BCUT2D eigenvalue weighted by molar-refractivity contribution is -0.170. The SMILES string of the molecule is CCO[C@@H](Oc1ccc(OCC(=O)c2cccc(CO)c2)cc1)C(=O)O. The molecule has 0 saturated heterocycles. The summed E-state index contributed by atoms with van der Waals surface area (Å²) in [7, 11) is 0. The van der Waals surface area contributed by atoms with Crippen molar-refractivity contribution >= 4 is 11.8 Å². The summed E-state index contributed by atoms with van der Waals surface area (Å²) in [5.41, 5.74) is 1.11. The Morgan fingerprint density at radius 3 is 2.38 bits per heavy atom. The molecule has 7 heteroatoms. The average Bonchev–Trinajstić information content (AvgIpc) is 2.66. The summed E-state index contributed by atoms with van der Waals surface area (Å²) >= 11 is 0. The zero-order valence-electron chi connectivity index (χ0n) is 14.3. The third kappa shape index (κ3) is 5.58. The van der Waals surface area contributed by atoms with Crippen molar-refractivity contribution in [1.29, 1.82) is 0 Å². The molecule has 2 N–H and O–H groups in total. The molecule has 0 aromatic heterocycles. The van der Waals surface area contributed by atoms with Gasteiger partial charge >= 0.3 is 5.97 Å². The van der Waals surface area contributed by atoms with E-state index in [2.05, 4.69) is 0 Å². The van der Waals surface area contributed by atoms with Crippen molar-refractivity contribution in [2.24, 2.45) is 0 Å². The first-order chi connectivity index (χ1) is 12.5. The molecule has 0 amide bonds. The zero-order valence-corrected chi connectivity index (χ0v) is 14.3. The van der Waals surface area contributed by atoms with Crippen LogP contribution in [0.25, 0.3) is 0 Å². The second-order valence-electron chi connectivity index (χ2n) is 5.29. The number of carboxylic acid groups (broad SMARTS) is 1. The highest BCUT2D eigenvalue weighted by atomic mass is 16.7. The van der Waals surface area contributed by atoms with Crippen LogP contribution in [-0.4, -0.2) is 41.5 Å². The molecule has 0 aliphatic rings. The number of rotatable bonds is 10. The second kappa shape index (κ2) is 9.55. The van der Waals surface area contributed by atoms with Crippen molar-refractivity contribution in [1.82, 2.24) is 0 Å². The number of carboxylic acids is 1. The molecule has 0 aliphatic heterocycles. The number of aliphatic hydroxyl groups excluding tert-OH is 1. The molecule has 138 valence electrons. The van der Waals surface area contributed by atoms with Crippen molar-refractivity contribution < 1.29 is 34.0 Å². The molecule has 0 aliphatic carbocycles. The predicted octanol–water partition coefficient (Wildman–Crippen LogP) is 2.27. The van der Waals surface area contributed by atoms with Gasteiger partial charge in [0.1, 0.15) is 11.5 Å². The Labute approximate surface area is 150 Å². The normalized spacial score (nSPS) is 11.6. The van der Waals surface area contributed by atoms with Crippen LogP contribution in [0.4, 0.5) is 0 Å². The fraction of sp³-hybridized carbons (Fsp3) is 0.263. The monoisotopic (exact) mass is 360 g/mol. The number of hydrogen-bond donors (Lipinski definition) is 2. The molecule has 0 spiro atoms. The minimum Gasteiger partial charge on any atom is -0.485 e. The van der Waals surface area contributed by atoms with E-state index in [4.69, 9.17) is 24.4 Å². The zero-order chi connectivity index (χ0) is 18.9. The van der Waals surface area contributed by atoms with Gasteiger partial charge in [0, 0.05) is 12.2 Å². The molecule has 2 rings (SSSR count). The summed E-state index contributed by atoms with van der Waals surface area (Å²) in [5.74, 6) is -0.696. The van der Waals surface area contributed by atoms with E-state index in [-0.39, 0.29) is 25.6 Å². The molecule has 2 aromatic carbocycles. The second-order valence-corrected chi connectivity index (χ2v) is 5.29. The number of ether oxygens (including phenoxy) is 3. The summed E-state index contributed by atoms with van der Waals surface area (Å²) < 4.78 is 15.6. The van der Waals surface area contributed by atoms with Crippen molar-refractivity contribution in [3.05, 3.63) is 59.7 Å². The minimum atomic E-state index is -1.38. The van der Waals surface area contributed by atoms with Crippen LogP contribution in [0.1, 0.15) is 22.8 Å². The number of Topliss-reactive ketones (excluding diaryl/α,β-unsaturated/α-hetero) is 1. The van der Waals surface area contributed by atoms with Gasteiger partial charge in [0.05, 0.1) is 6.61 Å². The highest BCUT2D eigenvalue weighted by molar-refractivity contribution is 5.97. The molecular weight excluding hydrogens is 340 g/mol. The number of hydrogen-bond acceptors (Lipinski definition) is 6. The van der Waals surface area contributed by atoms with E-state index in [0.29, 0.717) is 22.6 Å². The highest BCUT2D eigenvalue weighted by Crippen LogP contribution is 2.19. The van der Waals surface area contributed by atoms with E-state index in [1.54, 1.807) is 43.3 Å². The van der Waals surface area contributed by atoms with Crippen LogP contribution in [0.3, 0.4) is 0 Å². The number of aliphatic carboxylic acids is 1. The van der Waals surface area contributed by atoms with Gasteiger partial charge in [-0.25, -0.2) is 4.79 Å². The summed E-state index contributed by atoms with van der Waals surface area (Å²) in [6.45, 7) is 1.58. The fourth-order valence-corrected chi connectivity index (χ4v) is 2.12. The Morgan fingerprint density at radius 1 is 1.08 bits per heavy atom. The first-order valence-electron chi connectivity index (χ1n) is 8.00. The van der Waals surface area contributed by atoms with E-state index >= 15 is 0 Å². The van der Waals surface area contributed by atoms with Crippen LogP contribution < -0.4 is 9.47 Å². The number of ketones is 1. The molecule has 0 bridgehead atoms. The van der Waals surface area contributed by atoms with Crippen molar-refractivity contribution in [3.63, 3.8) is 0 Å². The topological polar surface area (TPSA) is 102 Å². The molecule has 1 atom stereocenters. The minimum absolute atomic E-state index is 0.136. The summed E-state index contributed by atoms with van der Waals surface area (Å²) in [4.78, 5) is 23.1. The molecular formula is C19H20O7. The maximum Gasteiger partial charge on any atom is 0.373 e. The predicted molar refractivity (Wildman–Crippen MR) is 92.3 cm³/mol. The van der Waals surface area contributed by atoms with E-state index in [0.717, 1.165) is 0 Å². The molecule has 0 saturated carbocycles. The Kier molecular flexibility index (Phi) is 7.13. The van der Waals surface area contributed by atoms with Crippen LogP contribution in [0.15, 0.2) is 48.5 Å². The molecule has 0 heterocycles. The fourth-order valence-electron chi connectivity index (χ4n) is 2.12. The van der Waals surface area contributed by atoms with Gasteiger partial charge in [-0.1, -0.05) is 18.2 Å². The maximum absolute atomic E-state index is 12.1. The summed E-state index contributed by atoms with van der Waals surface area (Å²) in [6, 6.07) is 12.9. The summed E-state index contributed by atoms with van der Waals surface area (Å²) in [5, 5.41) is 18.1. The third-order valence-electron chi connectivity index (χ3n) is 3.39. The Morgan fingerprint density at radius 2 is 1.77 bits per heavy atom. The number of aliphatic hydroxyl groups is 1. The largest absolute Gasteiger partial charge is 0.485 e. The van der Waals surface area contributed by atoms with Crippen LogP contribution in [0.5, 0.6) is 11.5 Å². The van der Waals surface area contributed by atoms with Crippen LogP contribution >= 0.6 is 0 Å². The van der Waals surface area contributed by atoms with Gasteiger partial charge in [-0.15, -0.1) is 0 Å². The van der Waals surface area contributed by atoms with Gasteiger partial charge in [-0.05, 0) is 42.8 Å². The smallest absolute Gasteiger partial charge is 0.373 e. The number of carbonyl (C=O) groups is 2. The van der Waals surface area contributed by atoms with Crippen LogP contribution in [-0.2, 0) is 16.1 Å². The van der Waals surface area contributed by atoms with Crippen LogP contribution in [0.2, 0.25) is 0 Å². The van der Waals surface area contributed by atoms with Gasteiger partial charge in [0.25, 0.3) is 6.29 Å². The Bertz CT molecular complexity index is 740. The lowest BCUT2D eigenvalue weighted by atomic mass is 10.1. The van der Waals surface area contributed by atoms with Gasteiger partial charge in [-0.3, -0.25) is 4.79 Å². The third-order valence-corrected chi connectivity index (χ3v) is 3.39.